The first-order valence-electron chi connectivity index (χ1n) is 13.7. The lowest BCUT2D eigenvalue weighted by molar-refractivity contribution is -0.135. The molecule has 5 heteroatoms. The van der Waals surface area contributed by atoms with Crippen LogP contribution in [0.15, 0.2) is 60.7 Å². The molecule has 4 unspecified atom stereocenters. The first-order valence-corrected chi connectivity index (χ1v) is 13.7. The monoisotopic (exact) mass is 474 g/mol. The van der Waals surface area contributed by atoms with Crippen molar-refractivity contribution < 1.29 is 4.79 Å². The molecule has 3 heterocycles. The fourth-order valence-electron chi connectivity index (χ4n) is 6.58. The minimum Gasteiger partial charge on any atom is -0.336 e. The van der Waals surface area contributed by atoms with Gasteiger partial charge in [0, 0.05) is 43.7 Å². The van der Waals surface area contributed by atoms with Gasteiger partial charge in [-0.05, 0) is 69.7 Å². The van der Waals surface area contributed by atoms with E-state index in [1.54, 1.807) is 0 Å². The predicted octanol–water partition coefficient (Wildman–Crippen LogP) is 3.98. The van der Waals surface area contributed by atoms with Gasteiger partial charge in [0.2, 0.25) is 5.91 Å². The number of hydrogen-bond acceptors (Lipinski definition) is 4. The summed E-state index contributed by atoms with van der Waals surface area (Å²) in [6, 6.07) is 22.7. The Kier molecular flexibility index (Phi) is 7.86. The van der Waals surface area contributed by atoms with Gasteiger partial charge in [0.1, 0.15) is 0 Å². The SMILES string of the molecule is CNC(C)C1CCCC(C(=O)N2C[C@@H](c3ccccc3)C[C@H]2CN2CCC(c3ccccc3)C2)N1. The standard InChI is InChI=1S/C30H42N4O/c1-22(31-2)28-14-9-15-29(32-28)30(35)34-20-26(24-12-7-4-8-13-24)18-27(34)21-33-17-16-25(19-33)23-10-5-3-6-11-23/h3-8,10-13,22,25-29,31-32H,9,14-21H2,1-2H3/t22?,25?,26-,27-,28?,29?/m0/s1. The van der Waals surface area contributed by atoms with Crippen LogP contribution in [0.4, 0.5) is 0 Å². The largest absolute Gasteiger partial charge is 0.336 e. The summed E-state index contributed by atoms with van der Waals surface area (Å²) in [7, 11) is 2.01. The van der Waals surface area contributed by atoms with Crippen LogP contribution in [0.25, 0.3) is 0 Å². The minimum absolute atomic E-state index is 0.0581. The van der Waals surface area contributed by atoms with E-state index in [2.05, 4.69) is 88.0 Å². The summed E-state index contributed by atoms with van der Waals surface area (Å²) in [5, 5.41) is 7.08. The summed E-state index contributed by atoms with van der Waals surface area (Å²) < 4.78 is 0. The van der Waals surface area contributed by atoms with Crippen molar-refractivity contribution >= 4 is 5.91 Å². The van der Waals surface area contributed by atoms with Gasteiger partial charge < -0.3 is 20.4 Å². The van der Waals surface area contributed by atoms with Crippen LogP contribution < -0.4 is 10.6 Å². The second kappa shape index (κ2) is 11.2. The molecule has 2 N–H and O–H groups in total. The van der Waals surface area contributed by atoms with Crippen molar-refractivity contribution in [3.63, 3.8) is 0 Å². The van der Waals surface area contributed by atoms with Gasteiger partial charge in [-0.3, -0.25) is 4.79 Å². The molecule has 5 rings (SSSR count). The normalized spacial score (nSPS) is 30.5. The van der Waals surface area contributed by atoms with E-state index >= 15 is 0 Å². The van der Waals surface area contributed by atoms with Crippen molar-refractivity contribution in [2.24, 2.45) is 0 Å². The van der Waals surface area contributed by atoms with Crippen LogP contribution in [-0.2, 0) is 4.79 Å². The molecule has 3 aliphatic heterocycles. The average Bonchev–Trinajstić information content (AvgIpc) is 3.56. The fraction of sp³-hybridized carbons (Fsp3) is 0.567. The zero-order chi connectivity index (χ0) is 24.2. The highest BCUT2D eigenvalue weighted by Crippen LogP contribution is 2.35. The van der Waals surface area contributed by atoms with Crippen LogP contribution in [0.5, 0.6) is 0 Å². The smallest absolute Gasteiger partial charge is 0.240 e. The van der Waals surface area contributed by atoms with Crippen molar-refractivity contribution in [3.8, 4) is 0 Å². The molecule has 35 heavy (non-hydrogen) atoms. The number of carbonyl (C=O) groups excluding carboxylic acids is 1. The number of hydrogen-bond donors (Lipinski definition) is 2. The summed E-state index contributed by atoms with van der Waals surface area (Å²) in [5.74, 6) is 1.35. The molecule has 3 aliphatic rings. The van der Waals surface area contributed by atoms with Crippen LogP contribution >= 0.6 is 0 Å². The Hall–Kier alpha value is -2.21. The number of amides is 1. The Bertz CT molecular complexity index is 951. The first kappa shape index (κ1) is 24.5. The molecule has 188 valence electrons. The molecular weight excluding hydrogens is 432 g/mol. The van der Waals surface area contributed by atoms with Crippen LogP contribution in [0.3, 0.4) is 0 Å². The number of rotatable bonds is 7. The molecule has 2 aromatic rings. The number of nitrogens with zero attached hydrogens (tertiary/aromatic N) is 2. The summed E-state index contributed by atoms with van der Waals surface area (Å²) in [5.41, 5.74) is 2.82. The molecule has 0 radical (unpaired) electrons. The third-order valence-corrected chi connectivity index (χ3v) is 8.76. The quantitative estimate of drug-likeness (QED) is 0.637. The van der Waals surface area contributed by atoms with Gasteiger partial charge in [-0.15, -0.1) is 0 Å². The molecular formula is C30H42N4O. The number of carbonyl (C=O) groups is 1. The Morgan fingerprint density at radius 1 is 0.971 bits per heavy atom. The zero-order valence-electron chi connectivity index (χ0n) is 21.4. The maximum absolute atomic E-state index is 13.9. The number of likely N-dealkylation sites (tertiary alicyclic amines) is 2. The van der Waals surface area contributed by atoms with Gasteiger partial charge in [0.25, 0.3) is 0 Å². The maximum atomic E-state index is 13.9. The van der Waals surface area contributed by atoms with Gasteiger partial charge >= 0.3 is 0 Å². The first-order chi connectivity index (χ1) is 17.1. The van der Waals surface area contributed by atoms with Crippen LogP contribution in [0.1, 0.15) is 62.0 Å². The molecule has 0 aliphatic carbocycles. The molecule has 0 saturated carbocycles. The summed E-state index contributed by atoms with van der Waals surface area (Å²) in [4.78, 5) is 18.8. The third kappa shape index (κ3) is 5.63. The van der Waals surface area contributed by atoms with Crippen LogP contribution in [0, 0.1) is 0 Å². The number of benzene rings is 2. The van der Waals surface area contributed by atoms with Gasteiger partial charge in [-0.1, -0.05) is 60.7 Å². The molecule has 0 aromatic heterocycles. The molecule has 0 spiro atoms. The van der Waals surface area contributed by atoms with Crippen molar-refractivity contribution in [3.05, 3.63) is 71.8 Å². The van der Waals surface area contributed by atoms with Crippen molar-refractivity contribution in [1.29, 1.82) is 0 Å². The average molecular weight is 475 g/mol. The number of piperidine rings is 1. The topological polar surface area (TPSA) is 47.6 Å². The van der Waals surface area contributed by atoms with Gasteiger partial charge in [0.15, 0.2) is 0 Å². The van der Waals surface area contributed by atoms with Crippen molar-refractivity contribution in [2.75, 3.05) is 33.2 Å². The lowest BCUT2D eigenvalue weighted by Crippen LogP contribution is -2.58. The van der Waals surface area contributed by atoms with E-state index in [1.165, 1.54) is 17.5 Å². The van der Waals surface area contributed by atoms with Crippen molar-refractivity contribution in [2.45, 2.75) is 75.0 Å². The fourth-order valence-corrected chi connectivity index (χ4v) is 6.58. The second-order valence-electron chi connectivity index (χ2n) is 11.0. The maximum Gasteiger partial charge on any atom is 0.240 e. The lowest BCUT2D eigenvalue weighted by atomic mass is 9.93. The third-order valence-electron chi connectivity index (χ3n) is 8.76. The molecule has 1 amide bonds. The zero-order valence-corrected chi connectivity index (χ0v) is 21.4. The number of likely N-dealkylation sites (N-methyl/N-ethyl adjacent to an activating group) is 1. The Morgan fingerprint density at radius 3 is 2.34 bits per heavy atom. The highest BCUT2D eigenvalue weighted by molar-refractivity contribution is 5.83. The molecule has 3 saturated heterocycles. The van der Waals surface area contributed by atoms with E-state index in [9.17, 15) is 4.79 Å². The Balaban J connectivity index is 1.29. The number of nitrogens with one attached hydrogen (secondary N) is 2. The van der Waals surface area contributed by atoms with E-state index < -0.39 is 0 Å². The van der Waals surface area contributed by atoms with E-state index in [1.807, 2.05) is 7.05 Å². The van der Waals surface area contributed by atoms with Crippen molar-refractivity contribution in [1.82, 2.24) is 20.4 Å². The highest BCUT2D eigenvalue weighted by atomic mass is 16.2. The Labute approximate surface area is 211 Å². The van der Waals surface area contributed by atoms with Crippen LogP contribution in [0.2, 0.25) is 0 Å². The lowest BCUT2D eigenvalue weighted by Gasteiger charge is -2.37. The minimum atomic E-state index is -0.0581. The summed E-state index contributed by atoms with van der Waals surface area (Å²) in [6.07, 6.45) is 5.47. The molecule has 0 bridgehead atoms. The van der Waals surface area contributed by atoms with Gasteiger partial charge in [0.05, 0.1) is 6.04 Å². The molecule has 6 atom stereocenters. The Morgan fingerprint density at radius 2 is 1.66 bits per heavy atom. The van der Waals surface area contributed by atoms with E-state index in [0.29, 0.717) is 29.8 Å². The molecule has 5 nitrogen and oxygen atoms in total. The highest BCUT2D eigenvalue weighted by Gasteiger charge is 2.41. The predicted molar refractivity (Wildman–Crippen MR) is 143 cm³/mol. The second-order valence-corrected chi connectivity index (χ2v) is 11.0. The van der Waals surface area contributed by atoms with E-state index in [0.717, 1.165) is 51.9 Å². The van der Waals surface area contributed by atoms with E-state index in [4.69, 9.17) is 0 Å². The van der Waals surface area contributed by atoms with Gasteiger partial charge in [-0.2, -0.15) is 0 Å². The summed E-state index contributed by atoms with van der Waals surface area (Å²) >= 11 is 0. The van der Waals surface area contributed by atoms with E-state index in [-0.39, 0.29) is 12.1 Å². The van der Waals surface area contributed by atoms with Crippen LogP contribution in [-0.4, -0.2) is 73.1 Å². The molecule has 3 fully saturated rings. The van der Waals surface area contributed by atoms with Gasteiger partial charge in [-0.25, -0.2) is 0 Å². The summed E-state index contributed by atoms with van der Waals surface area (Å²) in [6.45, 7) is 6.26. The molecule has 2 aromatic carbocycles.